The van der Waals surface area contributed by atoms with Crippen LogP contribution in [0, 0.1) is 13.8 Å². The van der Waals surface area contributed by atoms with Gasteiger partial charge in [0.2, 0.25) is 5.91 Å². The second-order valence-electron chi connectivity index (χ2n) is 6.62. The van der Waals surface area contributed by atoms with E-state index in [1.807, 2.05) is 22.9 Å². The molecular formula is C21H23N5O2S. The van der Waals surface area contributed by atoms with Crippen LogP contribution in [0.3, 0.4) is 0 Å². The molecule has 0 aliphatic heterocycles. The van der Waals surface area contributed by atoms with Crippen molar-refractivity contribution in [2.45, 2.75) is 25.5 Å². The van der Waals surface area contributed by atoms with Crippen LogP contribution in [0.4, 0.5) is 10.5 Å². The van der Waals surface area contributed by atoms with Crippen molar-refractivity contribution in [3.8, 4) is 5.69 Å². The highest BCUT2D eigenvalue weighted by molar-refractivity contribution is 7.99. The van der Waals surface area contributed by atoms with Crippen LogP contribution in [0.5, 0.6) is 0 Å². The maximum Gasteiger partial charge on any atom is 0.316 e. The number of benzene rings is 2. The van der Waals surface area contributed by atoms with Crippen LogP contribution in [0.2, 0.25) is 0 Å². The first kappa shape index (κ1) is 20.5. The number of primary amides is 1. The van der Waals surface area contributed by atoms with Gasteiger partial charge in [0.05, 0.1) is 11.4 Å². The highest BCUT2D eigenvalue weighted by Crippen LogP contribution is 2.23. The van der Waals surface area contributed by atoms with Crippen LogP contribution in [0.25, 0.3) is 5.69 Å². The van der Waals surface area contributed by atoms with Gasteiger partial charge in [-0.3, -0.25) is 9.36 Å². The number of aryl methyl sites for hydroxylation is 2. The molecular weight excluding hydrogens is 386 g/mol. The van der Waals surface area contributed by atoms with E-state index in [4.69, 9.17) is 5.73 Å². The van der Waals surface area contributed by atoms with Gasteiger partial charge in [0.25, 0.3) is 0 Å². The summed E-state index contributed by atoms with van der Waals surface area (Å²) in [4.78, 5) is 27.5. The fraction of sp³-hybridized carbons (Fsp3) is 0.190. The van der Waals surface area contributed by atoms with E-state index in [9.17, 15) is 9.59 Å². The average Bonchev–Trinajstić information content (AvgIpc) is 3.15. The van der Waals surface area contributed by atoms with E-state index in [2.05, 4.69) is 47.7 Å². The number of aromatic nitrogens is 2. The third kappa shape index (κ3) is 5.61. The van der Waals surface area contributed by atoms with Crippen LogP contribution >= 0.6 is 11.8 Å². The van der Waals surface area contributed by atoms with Crippen molar-refractivity contribution >= 4 is 29.4 Å². The van der Waals surface area contributed by atoms with Gasteiger partial charge in [-0.2, -0.15) is 0 Å². The van der Waals surface area contributed by atoms with Gasteiger partial charge >= 0.3 is 6.03 Å². The molecule has 8 heteroatoms. The van der Waals surface area contributed by atoms with Crippen LogP contribution in [0.1, 0.15) is 16.7 Å². The van der Waals surface area contributed by atoms with Crippen molar-refractivity contribution in [3.63, 3.8) is 0 Å². The lowest BCUT2D eigenvalue weighted by molar-refractivity contribution is -0.118. The number of carbonyl (C=O) groups is 2. The fourth-order valence-electron chi connectivity index (χ4n) is 2.79. The second-order valence-corrected chi connectivity index (χ2v) is 7.56. The van der Waals surface area contributed by atoms with Gasteiger partial charge < -0.3 is 16.4 Å². The lowest BCUT2D eigenvalue weighted by Gasteiger charge is -2.11. The maximum absolute atomic E-state index is 12.3. The van der Waals surface area contributed by atoms with Gasteiger partial charge in [-0.25, -0.2) is 9.78 Å². The highest BCUT2D eigenvalue weighted by atomic mass is 32.2. The predicted octanol–water partition coefficient (Wildman–Crippen LogP) is 3.39. The Bertz CT molecular complexity index is 1010. The van der Waals surface area contributed by atoms with Crippen molar-refractivity contribution in [1.82, 2.24) is 14.9 Å². The third-order valence-electron chi connectivity index (χ3n) is 4.27. The molecule has 3 rings (SSSR count). The Hall–Kier alpha value is -3.26. The maximum atomic E-state index is 12.3. The number of anilines is 1. The van der Waals surface area contributed by atoms with Crippen LogP contribution in [-0.4, -0.2) is 27.2 Å². The summed E-state index contributed by atoms with van der Waals surface area (Å²) in [6, 6.07) is 12.8. The smallest absolute Gasteiger partial charge is 0.316 e. The summed E-state index contributed by atoms with van der Waals surface area (Å²) in [6.07, 6.45) is 3.65. The van der Waals surface area contributed by atoms with E-state index in [1.165, 1.54) is 17.3 Å². The Morgan fingerprint density at radius 2 is 1.90 bits per heavy atom. The summed E-state index contributed by atoms with van der Waals surface area (Å²) in [6.45, 7) is 4.51. The molecule has 0 aliphatic carbocycles. The molecule has 0 bridgehead atoms. The standard InChI is InChI=1S/C21H23N5O2S/c1-14-3-4-15(2)18(11-14)26-10-9-23-21(26)29-13-19(27)24-12-16-5-7-17(8-6-16)25-20(22)28/h3-11H,12-13H2,1-2H3,(H,24,27)(H3,22,25,28). The number of imidazole rings is 1. The number of thioether (sulfide) groups is 1. The molecule has 150 valence electrons. The number of rotatable bonds is 7. The van der Waals surface area contributed by atoms with E-state index >= 15 is 0 Å². The summed E-state index contributed by atoms with van der Waals surface area (Å²) in [5, 5.41) is 6.16. The van der Waals surface area contributed by atoms with Gasteiger partial charge in [-0.1, -0.05) is 36.0 Å². The summed E-state index contributed by atoms with van der Waals surface area (Å²) in [5.74, 6) is 0.188. The summed E-state index contributed by atoms with van der Waals surface area (Å²) in [5.41, 5.74) is 10.0. The minimum atomic E-state index is -0.609. The quantitative estimate of drug-likeness (QED) is 0.521. The number of urea groups is 1. The number of hydrogen-bond acceptors (Lipinski definition) is 4. The lowest BCUT2D eigenvalue weighted by atomic mass is 10.1. The molecule has 3 amide bonds. The molecule has 0 unspecified atom stereocenters. The Kier molecular flexibility index (Phi) is 6.56. The summed E-state index contributed by atoms with van der Waals surface area (Å²) >= 11 is 1.39. The van der Waals surface area contributed by atoms with Crippen LogP contribution < -0.4 is 16.4 Å². The largest absolute Gasteiger partial charge is 0.351 e. The Morgan fingerprint density at radius 1 is 1.14 bits per heavy atom. The van der Waals surface area contributed by atoms with Crippen LogP contribution in [0.15, 0.2) is 60.0 Å². The van der Waals surface area contributed by atoms with Crippen molar-refractivity contribution in [1.29, 1.82) is 0 Å². The van der Waals surface area contributed by atoms with E-state index < -0.39 is 6.03 Å². The minimum Gasteiger partial charge on any atom is -0.351 e. The minimum absolute atomic E-state index is 0.0788. The molecule has 29 heavy (non-hydrogen) atoms. The van der Waals surface area contributed by atoms with Crippen molar-refractivity contribution in [3.05, 3.63) is 71.5 Å². The molecule has 7 nitrogen and oxygen atoms in total. The van der Waals surface area contributed by atoms with Gasteiger partial charge in [0.1, 0.15) is 0 Å². The van der Waals surface area contributed by atoms with Gasteiger partial charge in [0, 0.05) is 24.6 Å². The number of hydrogen-bond donors (Lipinski definition) is 3. The number of carbonyl (C=O) groups excluding carboxylic acids is 2. The van der Waals surface area contributed by atoms with E-state index in [0.717, 1.165) is 22.0 Å². The first-order valence-corrected chi connectivity index (χ1v) is 10.1. The van der Waals surface area contributed by atoms with Gasteiger partial charge in [-0.05, 0) is 48.7 Å². The first-order valence-electron chi connectivity index (χ1n) is 9.08. The van der Waals surface area contributed by atoms with E-state index in [-0.39, 0.29) is 11.7 Å². The summed E-state index contributed by atoms with van der Waals surface area (Å²) in [7, 11) is 0. The normalized spacial score (nSPS) is 10.6. The Morgan fingerprint density at radius 3 is 2.62 bits per heavy atom. The molecule has 0 saturated heterocycles. The zero-order valence-corrected chi connectivity index (χ0v) is 17.1. The molecule has 0 atom stereocenters. The predicted molar refractivity (Wildman–Crippen MR) is 115 cm³/mol. The second kappa shape index (κ2) is 9.29. The highest BCUT2D eigenvalue weighted by Gasteiger charge is 2.11. The zero-order valence-electron chi connectivity index (χ0n) is 16.3. The molecule has 1 heterocycles. The Labute approximate surface area is 173 Å². The van der Waals surface area contributed by atoms with Gasteiger partial charge in [0.15, 0.2) is 5.16 Å². The van der Waals surface area contributed by atoms with Gasteiger partial charge in [-0.15, -0.1) is 0 Å². The average molecular weight is 410 g/mol. The number of nitrogens with two attached hydrogens (primary N) is 1. The monoisotopic (exact) mass is 409 g/mol. The molecule has 0 saturated carbocycles. The lowest BCUT2D eigenvalue weighted by Crippen LogP contribution is -2.24. The van der Waals surface area contributed by atoms with Crippen molar-refractivity contribution in [2.75, 3.05) is 11.1 Å². The number of amides is 3. The van der Waals surface area contributed by atoms with Crippen LogP contribution in [-0.2, 0) is 11.3 Å². The van der Waals surface area contributed by atoms with Crippen molar-refractivity contribution in [2.24, 2.45) is 5.73 Å². The molecule has 0 fully saturated rings. The van der Waals surface area contributed by atoms with E-state index in [1.54, 1.807) is 18.3 Å². The summed E-state index contributed by atoms with van der Waals surface area (Å²) < 4.78 is 2.00. The molecule has 3 aromatic rings. The number of nitrogens with one attached hydrogen (secondary N) is 2. The molecule has 1 aromatic heterocycles. The molecule has 4 N–H and O–H groups in total. The first-order chi connectivity index (χ1) is 13.9. The molecule has 2 aromatic carbocycles. The number of nitrogens with zero attached hydrogens (tertiary/aromatic N) is 2. The third-order valence-corrected chi connectivity index (χ3v) is 5.24. The SMILES string of the molecule is Cc1ccc(C)c(-n2ccnc2SCC(=O)NCc2ccc(NC(N)=O)cc2)c1. The fourth-order valence-corrected chi connectivity index (χ4v) is 3.58. The molecule has 0 radical (unpaired) electrons. The zero-order chi connectivity index (χ0) is 20.8. The Balaban J connectivity index is 1.55. The van der Waals surface area contributed by atoms with E-state index in [0.29, 0.717) is 12.2 Å². The van der Waals surface area contributed by atoms with Crippen molar-refractivity contribution < 1.29 is 9.59 Å². The molecule has 0 aliphatic rings. The molecule has 0 spiro atoms. The topological polar surface area (TPSA) is 102 Å².